The van der Waals surface area contributed by atoms with E-state index in [1.54, 1.807) is 11.0 Å². The van der Waals surface area contributed by atoms with E-state index < -0.39 is 18.1 Å². The average molecular weight is 480 g/mol. The number of aliphatic hydroxyl groups excluding tert-OH is 2. The molecule has 2 saturated heterocycles. The molecule has 2 aromatic rings. The zero-order valence-corrected chi connectivity index (χ0v) is 20.4. The minimum atomic E-state index is -1.41. The number of piperidine rings is 1. The average Bonchev–Trinajstić information content (AvgIpc) is 3.09. The lowest BCUT2D eigenvalue weighted by Crippen LogP contribution is -2.46. The minimum absolute atomic E-state index is 0.387. The summed E-state index contributed by atoms with van der Waals surface area (Å²) in [6.45, 7) is 3.27. The molecule has 0 spiro atoms. The Morgan fingerprint density at radius 2 is 1.74 bits per heavy atom. The summed E-state index contributed by atoms with van der Waals surface area (Å²) in [7, 11) is 0. The van der Waals surface area contributed by atoms with Crippen molar-refractivity contribution in [3.8, 4) is 0 Å². The van der Waals surface area contributed by atoms with Crippen LogP contribution in [0.5, 0.6) is 0 Å². The molecule has 4 atom stereocenters. The maximum absolute atomic E-state index is 12.9. The van der Waals surface area contributed by atoms with Crippen molar-refractivity contribution >= 4 is 11.8 Å². The van der Waals surface area contributed by atoms with Crippen molar-refractivity contribution in [2.45, 2.75) is 75.8 Å². The predicted molar refractivity (Wildman–Crippen MR) is 135 cm³/mol. The summed E-state index contributed by atoms with van der Waals surface area (Å²) in [5.74, 6) is -0.386. The summed E-state index contributed by atoms with van der Waals surface area (Å²) in [5, 5.41) is 19.9. The fourth-order valence-electron chi connectivity index (χ4n) is 5.77. The molecule has 0 aromatic heterocycles. The second-order valence-electron chi connectivity index (χ2n) is 10.1. The molecule has 2 amide bonds. The van der Waals surface area contributed by atoms with Gasteiger partial charge in [-0.25, -0.2) is 0 Å². The van der Waals surface area contributed by atoms with Gasteiger partial charge in [0.15, 0.2) is 6.10 Å². The van der Waals surface area contributed by atoms with Gasteiger partial charge in [-0.2, -0.15) is 0 Å². The van der Waals surface area contributed by atoms with Crippen LogP contribution in [0.3, 0.4) is 0 Å². The molecule has 7 heteroatoms. The Balaban J connectivity index is 1.36. The van der Waals surface area contributed by atoms with E-state index in [1.807, 2.05) is 42.5 Å². The van der Waals surface area contributed by atoms with Crippen molar-refractivity contribution in [1.29, 1.82) is 0 Å². The molecule has 0 aliphatic carbocycles. The molecule has 0 radical (unpaired) electrons. The van der Waals surface area contributed by atoms with E-state index in [0.717, 1.165) is 31.4 Å². The number of carbonyl (C=O) groups excluding carboxylic acids is 2. The number of nitrogens with zero attached hydrogens (tertiary/aromatic N) is 2. The van der Waals surface area contributed by atoms with Gasteiger partial charge in [-0.05, 0) is 68.2 Å². The van der Waals surface area contributed by atoms with Crippen LogP contribution in [0.2, 0.25) is 0 Å². The van der Waals surface area contributed by atoms with Gasteiger partial charge in [0.25, 0.3) is 5.91 Å². The Labute approximate surface area is 207 Å². The SMILES string of the molecule is CC(O)C(O)C(=O)N(CCCN1C2CCC1CC(c1cccc(C(N)=O)c1)C2)Cc1ccccc1. The molecule has 2 fully saturated rings. The summed E-state index contributed by atoms with van der Waals surface area (Å²) >= 11 is 0. The van der Waals surface area contributed by atoms with E-state index in [0.29, 0.717) is 36.7 Å². The van der Waals surface area contributed by atoms with Crippen LogP contribution in [-0.2, 0) is 11.3 Å². The van der Waals surface area contributed by atoms with E-state index in [-0.39, 0.29) is 5.91 Å². The van der Waals surface area contributed by atoms with Crippen LogP contribution >= 0.6 is 0 Å². The molecular weight excluding hydrogens is 442 g/mol. The fourth-order valence-corrected chi connectivity index (χ4v) is 5.77. The molecule has 188 valence electrons. The van der Waals surface area contributed by atoms with E-state index in [1.165, 1.54) is 25.3 Å². The third-order valence-electron chi connectivity index (χ3n) is 7.61. The normalized spacial score (nSPS) is 23.6. The van der Waals surface area contributed by atoms with Crippen LogP contribution in [0, 0.1) is 0 Å². The highest BCUT2D eigenvalue weighted by atomic mass is 16.3. The maximum atomic E-state index is 12.9. The molecule has 2 bridgehead atoms. The highest BCUT2D eigenvalue weighted by Crippen LogP contribution is 2.43. The number of primary amides is 1. The zero-order chi connectivity index (χ0) is 24.9. The van der Waals surface area contributed by atoms with E-state index >= 15 is 0 Å². The maximum Gasteiger partial charge on any atom is 0.254 e. The van der Waals surface area contributed by atoms with Crippen molar-refractivity contribution < 1.29 is 19.8 Å². The van der Waals surface area contributed by atoms with Crippen LogP contribution in [0.25, 0.3) is 0 Å². The Kier molecular flexibility index (Phi) is 8.21. The standard InChI is InChI=1S/C28H37N3O4/c1-19(32)26(33)28(35)30(18-20-7-3-2-4-8-20)13-6-14-31-24-11-12-25(31)17-23(16-24)21-9-5-10-22(15-21)27(29)34/h2-5,7-10,15,19,23-26,32-33H,6,11-14,16-18H2,1H3,(H2,29,34). The molecule has 2 aromatic carbocycles. The number of hydrogen-bond donors (Lipinski definition) is 3. The number of nitrogens with two attached hydrogens (primary N) is 1. The van der Waals surface area contributed by atoms with Crippen LogP contribution in [0.15, 0.2) is 54.6 Å². The second-order valence-corrected chi connectivity index (χ2v) is 10.1. The third kappa shape index (κ3) is 6.10. The van der Waals surface area contributed by atoms with Crippen LogP contribution in [-0.4, -0.2) is 69.2 Å². The topological polar surface area (TPSA) is 107 Å². The molecular formula is C28H37N3O4. The summed E-state index contributed by atoms with van der Waals surface area (Å²) in [5.41, 5.74) is 8.25. The summed E-state index contributed by atoms with van der Waals surface area (Å²) < 4.78 is 0. The number of carbonyl (C=O) groups is 2. The van der Waals surface area contributed by atoms with Crippen molar-refractivity contribution in [3.05, 3.63) is 71.3 Å². The number of hydrogen-bond acceptors (Lipinski definition) is 5. The van der Waals surface area contributed by atoms with Gasteiger partial charge < -0.3 is 20.8 Å². The molecule has 4 unspecified atom stereocenters. The summed E-state index contributed by atoms with van der Waals surface area (Å²) in [6, 6.07) is 18.5. The quantitative estimate of drug-likeness (QED) is 0.486. The Morgan fingerprint density at radius 3 is 2.37 bits per heavy atom. The van der Waals surface area contributed by atoms with E-state index in [2.05, 4.69) is 11.0 Å². The molecule has 2 heterocycles. The Bertz CT molecular complexity index is 998. The third-order valence-corrected chi connectivity index (χ3v) is 7.61. The number of rotatable bonds is 10. The van der Waals surface area contributed by atoms with Crippen LogP contribution in [0.4, 0.5) is 0 Å². The van der Waals surface area contributed by atoms with E-state index in [9.17, 15) is 19.8 Å². The largest absolute Gasteiger partial charge is 0.390 e. The minimum Gasteiger partial charge on any atom is -0.390 e. The molecule has 2 aliphatic heterocycles. The van der Waals surface area contributed by atoms with Crippen molar-refractivity contribution in [2.75, 3.05) is 13.1 Å². The highest BCUT2D eigenvalue weighted by Gasteiger charge is 2.40. The Hall–Kier alpha value is -2.74. The smallest absolute Gasteiger partial charge is 0.254 e. The predicted octanol–water partition coefficient (Wildman–Crippen LogP) is 2.66. The van der Waals surface area contributed by atoms with E-state index in [4.69, 9.17) is 5.73 Å². The lowest BCUT2D eigenvalue weighted by Gasteiger charge is -2.39. The van der Waals surface area contributed by atoms with Crippen LogP contribution < -0.4 is 5.73 Å². The molecule has 4 rings (SSSR count). The number of aliphatic hydroxyl groups is 2. The van der Waals surface area contributed by atoms with Gasteiger partial charge in [-0.15, -0.1) is 0 Å². The number of amides is 2. The molecule has 35 heavy (non-hydrogen) atoms. The van der Waals surface area contributed by atoms with Crippen molar-refractivity contribution in [3.63, 3.8) is 0 Å². The van der Waals surface area contributed by atoms with Gasteiger partial charge in [-0.3, -0.25) is 14.5 Å². The highest BCUT2D eigenvalue weighted by molar-refractivity contribution is 5.92. The summed E-state index contributed by atoms with van der Waals surface area (Å²) in [4.78, 5) is 28.7. The monoisotopic (exact) mass is 479 g/mol. The van der Waals surface area contributed by atoms with Crippen molar-refractivity contribution in [1.82, 2.24) is 9.80 Å². The molecule has 0 saturated carbocycles. The van der Waals surface area contributed by atoms with Gasteiger partial charge in [-0.1, -0.05) is 42.5 Å². The van der Waals surface area contributed by atoms with Crippen LogP contribution in [0.1, 0.15) is 66.4 Å². The number of fused-ring (bicyclic) bond motifs is 2. The Morgan fingerprint density at radius 1 is 1.06 bits per heavy atom. The summed E-state index contributed by atoms with van der Waals surface area (Å²) in [6.07, 6.45) is 2.75. The number of benzene rings is 2. The lowest BCUT2D eigenvalue weighted by molar-refractivity contribution is -0.146. The van der Waals surface area contributed by atoms with Gasteiger partial charge >= 0.3 is 0 Å². The first-order valence-corrected chi connectivity index (χ1v) is 12.7. The first-order chi connectivity index (χ1) is 16.8. The van der Waals surface area contributed by atoms with Gasteiger partial charge in [0.05, 0.1) is 6.10 Å². The first kappa shape index (κ1) is 25.4. The first-order valence-electron chi connectivity index (χ1n) is 12.7. The molecule has 7 nitrogen and oxygen atoms in total. The zero-order valence-electron chi connectivity index (χ0n) is 20.4. The lowest BCUT2D eigenvalue weighted by atomic mass is 9.84. The molecule has 4 N–H and O–H groups in total. The fraction of sp³-hybridized carbons (Fsp3) is 0.500. The molecule has 2 aliphatic rings. The van der Waals surface area contributed by atoms with Gasteiger partial charge in [0.1, 0.15) is 0 Å². The van der Waals surface area contributed by atoms with Gasteiger partial charge in [0.2, 0.25) is 5.91 Å². The second kappa shape index (κ2) is 11.3. The van der Waals surface area contributed by atoms with Gasteiger partial charge in [0, 0.05) is 37.3 Å². The van der Waals surface area contributed by atoms with Crippen molar-refractivity contribution in [2.24, 2.45) is 5.73 Å².